The van der Waals surface area contributed by atoms with E-state index in [1.807, 2.05) is 30.3 Å². The summed E-state index contributed by atoms with van der Waals surface area (Å²) in [6, 6.07) is 10.9. The van der Waals surface area contributed by atoms with Crippen LogP contribution in [0, 0.1) is 11.3 Å². The number of benzene rings is 2. The normalized spacial score (nSPS) is 23.3. The van der Waals surface area contributed by atoms with Gasteiger partial charge in [-0.3, -0.25) is 4.79 Å². The lowest BCUT2D eigenvalue weighted by Crippen LogP contribution is -2.50. The van der Waals surface area contributed by atoms with Gasteiger partial charge in [0, 0.05) is 44.9 Å². The van der Waals surface area contributed by atoms with E-state index in [1.165, 1.54) is 0 Å². The molecule has 2 aromatic rings. The smallest absolute Gasteiger partial charge is 0.416 e. The van der Waals surface area contributed by atoms with Crippen LogP contribution in [0.15, 0.2) is 48.5 Å². The van der Waals surface area contributed by atoms with E-state index in [9.17, 15) is 35.9 Å². The Morgan fingerprint density at radius 1 is 0.848 bits per heavy atom. The molecule has 7 nitrogen and oxygen atoms in total. The first-order valence-corrected chi connectivity index (χ1v) is 15.7. The lowest BCUT2D eigenvalue weighted by molar-refractivity contribution is -0.143. The predicted octanol–water partition coefficient (Wildman–Crippen LogP) is 6.70. The Hall–Kier alpha value is -3.32. The molecule has 3 aliphatic rings. The molecule has 5 rings (SSSR count). The molecule has 2 aliphatic heterocycles. The van der Waals surface area contributed by atoms with Crippen molar-refractivity contribution in [2.75, 3.05) is 26.3 Å². The van der Waals surface area contributed by atoms with E-state index in [0.29, 0.717) is 70.5 Å². The number of hydrogen-bond acceptors (Lipinski definition) is 5. The van der Waals surface area contributed by atoms with Gasteiger partial charge in [0.2, 0.25) is 5.91 Å². The van der Waals surface area contributed by atoms with Crippen LogP contribution in [0.5, 0.6) is 0 Å². The molecular formula is C33H39F6N3O4. The highest BCUT2D eigenvalue weighted by Gasteiger charge is 2.51. The fourth-order valence-electron chi connectivity index (χ4n) is 7.08. The molecule has 2 unspecified atom stereocenters. The van der Waals surface area contributed by atoms with E-state index in [1.54, 1.807) is 4.90 Å². The fourth-order valence-corrected chi connectivity index (χ4v) is 7.08. The lowest BCUT2D eigenvalue weighted by Gasteiger charge is -2.42. The van der Waals surface area contributed by atoms with Crippen molar-refractivity contribution in [2.45, 2.75) is 82.5 Å². The van der Waals surface area contributed by atoms with Crippen LogP contribution in [0.25, 0.3) is 0 Å². The number of amides is 2. The van der Waals surface area contributed by atoms with E-state index >= 15 is 0 Å². The third kappa shape index (κ3) is 8.33. The van der Waals surface area contributed by atoms with Crippen LogP contribution in [0.3, 0.4) is 0 Å². The van der Waals surface area contributed by atoms with Gasteiger partial charge < -0.3 is 25.0 Å². The first kappa shape index (κ1) is 34.0. The molecule has 2 saturated heterocycles. The number of rotatable bonds is 8. The number of carbonyl (C=O) groups is 2. The van der Waals surface area contributed by atoms with Crippen molar-refractivity contribution >= 4 is 12.0 Å². The molecule has 46 heavy (non-hydrogen) atoms. The zero-order valence-corrected chi connectivity index (χ0v) is 25.4. The van der Waals surface area contributed by atoms with E-state index in [2.05, 4.69) is 10.6 Å². The average Bonchev–Trinajstić information content (AvgIpc) is 3.47. The minimum atomic E-state index is -4.98. The summed E-state index contributed by atoms with van der Waals surface area (Å²) < 4.78 is 91.6. The number of ether oxygens (including phenoxy) is 2. The highest BCUT2D eigenvalue weighted by molar-refractivity contribution is 5.83. The van der Waals surface area contributed by atoms with E-state index in [0.717, 1.165) is 18.4 Å². The van der Waals surface area contributed by atoms with Crippen molar-refractivity contribution in [2.24, 2.45) is 11.3 Å². The molecule has 0 aromatic heterocycles. The van der Waals surface area contributed by atoms with Crippen molar-refractivity contribution < 1.29 is 45.4 Å². The summed E-state index contributed by atoms with van der Waals surface area (Å²) in [5.41, 5.74) is -3.16. The highest BCUT2D eigenvalue weighted by atomic mass is 19.4. The summed E-state index contributed by atoms with van der Waals surface area (Å²) >= 11 is 0. The molecule has 2 heterocycles. The van der Waals surface area contributed by atoms with E-state index < -0.39 is 41.5 Å². The maximum absolute atomic E-state index is 14.0. The molecule has 0 radical (unpaired) electrons. The van der Waals surface area contributed by atoms with Crippen LogP contribution in [0.4, 0.5) is 31.1 Å². The summed E-state index contributed by atoms with van der Waals surface area (Å²) in [6.45, 7) is 1.69. The molecule has 1 saturated carbocycles. The van der Waals surface area contributed by atoms with Gasteiger partial charge in [-0.15, -0.1) is 0 Å². The third-order valence-electron chi connectivity index (χ3n) is 9.53. The van der Waals surface area contributed by atoms with Crippen LogP contribution < -0.4 is 10.6 Å². The molecule has 13 heteroatoms. The van der Waals surface area contributed by atoms with Gasteiger partial charge in [0.25, 0.3) is 0 Å². The van der Waals surface area contributed by atoms with Crippen molar-refractivity contribution in [3.8, 4) is 0 Å². The molecule has 1 aliphatic carbocycles. The van der Waals surface area contributed by atoms with Gasteiger partial charge in [-0.2, -0.15) is 26.3 Å². The van der Waals surface area contributed by atoms with E-state index in [-0.39, 0.29) is 42.1 Å². The third-order valence-corrected chi connectivity index (χ3v) is 9.53. The zero-order valence-electron chi connectivity index (χ0n) is 25.4. The maximum atomic E-state index is 14.0. The van der Waals surface area contributed by atoms with Gasteiger partial charge in [-0.05, 0) is 80.2 Å². The second kappa shape index (κ2) is 14.2. The van der Waals surface area contributed by atoms with Crippen LogP contribution in [0.1, 0.15) is 67.2 Å². The van der Waals surface area contributed by atoms with Crippen molar-refractivity contribution in [1.29, 1.82) is 0 Å². The monoisotopic (exact) mass is 655 g/mol. The molecule has 2 amide bonds. The minimum absolute atomic E-state index is 0.0214. The van der Waals surface area contributed by atoms with E-state index in [4.69, 9.17) is 9.47 Å². The number of halogens is 6. The van der Waals surface area contributed by atoms with Crippen molar-refractivity contribution in [3.05, 3.63) is 70.8 Å². The van der Waals surface area contributed by atoms with Crippen molar-refractivity contribution in [3.63, 3.8) is 0 Å². The van der Waals surface area contributed by atoms with Gasteiger partial charge in [0.15, 0.2) is 0 Å². The van der Waals surface area contributed by atoms with Crippen LogP contribution in [0.2, 0.25) is 0 Å². The number of likely N-dealkylation sites (tertiary alicyclic amines) is 1. The highest BCUT2D eigenvalue weighted by Crippen LogP contribution is 2.49. The first-order valence-electron chi connectivity index (χ1n) is 15.7. The SMILES string of the molecule is O=C(OCc1ccccc1)N1CCC(C2(C(=O)NCc3cc(C(F)(F)F)cc(C(F)(F)F)c3)CCC(NC3CCOCC3)C2)CC1. The second-order valence-corrected chi connectivity index (χ2v) is 12.5. The first-order chi connectivity index (χ1) is 21.8. The Morgan fingerprint density at radius 3 is 2.09 bits per heavy atom. The molecule has 2 N–H and O–H groups in total. The Morgan fingerprint density at radius 2 is 1.48 bits per heavy atom. The molecule has 2 atom stereocenters. The van der Waals surface area contributed by atoms with Gasteiger partial charge in [0.05, 0.1) is 16.5 Å². The molecule has 252 valence electrons. The maximum Gasteiger partial charge on any atom is 0.416 e. The summed E-state index contributed by atoms with van der Waals surface area (Å²) in [7, 11) is 0. The Labute approximate surface area is 264 Å². The summed E-state index contributed by atoms with van der Waals surface area (Å²) in [4.78, 5) is 28.4. The van der Waals surface area contributed by atoms with Gasteiger partial charge >= 0.3 is 18.4 Å². The standard InChI is InChI=1S/C33H39F6N3O4/c34-32(35,36)25-16-23(17-26(18-25)33(37,38)39)20-40-29(43)31(11-6-28(19-31)41-27-9-14-45-15-10-27)24-7-12-42(13-8-24)30(44)46-21-22-4-2-1-3-5-22/h1-5,16-18,24,27-28,41H,6-15,19-21H2,(H,40,43). The topological polar surface area (TPSA) is 79.9 Å². The summed E-state index contributed by atoms with van der Waals surface area (Å²) in [5, 5.41) is 6.36. The Balaban J connectivity index is 1.28. The zero-order chi connectivity index (χ0) is 33.0. The summed E-state index contributed by atoms with van der Waals surface area (Å²) in [5.74, 6) is -0.528. The predicted molar refractivity (Wildman–Crippen MR) is 156 cm³/mol. The second-order valence-electron chi connectivity index (χ2n) is 12.5. The number of piperidine rings is 1. The van der Waals surface area contributed by atoms with Crippen LogP contribution >= 0.6 is 0 Å². The van der Waals surface area contributed by atoms with Gasteiger partial charge in [-0.1, -0.05) is 30.3 Å². The number of hydrogen-bond donors (Lipinski definition) is 2. The molecule has 0 bridgehead atoms. The number of carbonyl (C=O) groups excluding carboxylic acids is 2. The largest absolute Gasteiger partial charge is 0.445 e. The molecule has 2 aromatic carbocycles. The molecule has 3 fully saturated rings. The minimum Gasteiger partial charge on any atom is -0.445 e. The number of nitrogens with one attached hydrogen (secondary N) is 2. The quantitative estimate of drug-likeness (QED) is 0.310. The number of alkyl halides is 6. The van der Waals surface area contributed by atoms with Gasteiger partial charge in [-0.25, -0.2) is 4.79 Å². The van der Waals surface area contributed by atoms with Crippen LogP contribution in [-0.2, 0) is 39.8 Å². The Bertz CT molecular complexity index is 1310. The average molecular weight is 656 g/mol. The molecular weight excluding hydrogens is 616 g/mol. The van der Waals surface area contributed by atoms with Crippen molar-refractivity contribution in [1.82, 2.24) is 15.5 Å². The number of nitrogens with zero attached hydrogens (tertiary/aromatic N) is 1. The Kier molecular flexibility index (Phi) is 10.5. The summed E-state index contributed by atoms with van der Waals surface area (Å²) in [6.07, 6.45) is -6.00. The lowest BCUT2D eigenvalue weighted by atomic mass is 9.68. The van der Waals surface area contributed by atoms with Crippen LogP contribution in [-0.4, -0.2) is 55.3 Å². The van der Waals surface area contributed by atoms with Gasteiger partial charge in [0.1, 0.15) is 6.61 Å². The molecule has 0 spiro atoms. The fraction of sp³-hybridized carbons (Fsp3) is 0.576.